The van der Waals surface area contributed by atoms with Crippen molar-refractivity contribution >= 4 is 5.82 Å². The molecular weight excluding hydrogens is 350 g/mol. The van der Waals surface area contributed by atoms with Crippen molar-refractivity contribution in [2.24, 2.45) is 0 Å². The summed E-state index contributed by atoms with van der Waals surface area (Å²) in [6.07, 6.45) is -1.11. The van der Waals surface area contributed by atoms with Crippen molar-refractivity contribution < 1.29 is 19.3 Å². The van der Waals surface area contributed by atoms with Gasteiger partial charge in [0.1, 0.15) is 24.1 Å². The summed E-state index contributed by atoms with van der Waals surface area (Å²) >= 11 is 0. The quantitative estimate of drug-likeness (QED) is 0.736. The van der Waals surface area contributed by atoms with Crippen molar-refractivity contribution in [2.45, 2.75) is 24.5 Å². The monoisotopic (exact) mass is 371 g/mol. The van der Waals surface area contributed by atoms with Gasteiger partial charge in [-0.25, -0.2) is 4.79 Å². The second kappa shape index (κ2) is 8.33. The highest BCUT2D eigenvalue weighted by atomic mass is 16.6. The van der Waals surface area contributed by atoms with E-state index in [1.54, 1.807) is 0 Å². The molecule has 27 heavy (non-hydrogen) atoms. The second-order valence-electron chi connectivity index (χ2n) is 5.99. The van der Waals surface area contributed by atoms with Gasteiger partial charge in [-0.1, -0.05) is 30.0 Å². The molecule has 1 aromatic carbocycles. The molecule has 1 aromatic heterocycles. The lowest BCUT2D eigenvalue weighted by atomic mass is 10.1. The van der Waals surface area contributed by atoms with Crippen LogP contribution in [0.1, 0.15) is 17.4 Å². The summed E-state index contributed by atoms with van der Waals surface area (Å²) in [5.41, 5.74) is 6.46. The van der Waals surface area contributed by atoms with E-state index in [2.05, 4.69) is 16.8 Å². The van der Waals surface area contributed by atoms with E-state index >= 15 is 0 Å². The number of ether oxygens (including phenoxy) is 3. The van der Waals surface area contributed by atoms with Crippen molar-refractivity contribution in [1.82, 2.24) is 9.55 Å². The van der Waals surface area contributed by atoms with Gasteiger partial charge < -0.3 is 25.1 Å². The average molecular weight is 371 g/mol. The fourth-order valence-corrected chi connectivity index (χ4v) is 3.04. The van der Waals surface area contributed by atoms with Crippen LogP contribution < -0.4 is 11.4 Å². The number of hydrogen-bond donors (Lipinski definition) is 2. The Balaban J connectivity index is 1.99. The molecule has 1 fully saturated rings. The van der Waals surface area contributed by atoms with Gasteiger partial charge in [0.05, 0.1) is 12.2 Å². The predicted molar refractivity (Wildman–Crippen MR) is 97.9 cm³/mol. The van der Waals surface area contributed by atoms with Gasteiger partial charge in [0.2, 0.25) is 0 Å². The van der Waals surface area contributed by atoms with Crippen LogP contribution in [-0.4, -0.2) is 53.8 Å². The Morgan fingerprint density at radius 3 is 2.56 bits per heavy atom. The Morgan fingerprint density at radius 2 is 1.93 bits per heavy atom. The molecule has 0 bridgehead atoms. The molecule has 0 aliphatic carbocycles. The van der Waals surface area contributed by atoms with E-state index in [0.29, 0.717) is 5.56 Å². The summed E-state index contributed by atoms with van der Waals surface area (Å²) in [5.74, 6) is 5.95. The third-order valence-electron chi connectivity index (χ3n) is 4.38. The number of anilines is 1. The lowest BCUT2D eigenvalue weighted by Crippen LogP contribution is -2.38. The van der Waals surface area contributed by atoms with Gasteiger partial charge in [-0.15, -0.1) is 0 Å². The minimum Gasteiger partial charge on any atom is -0.394 e. The lowest BCUT2D eigenvalue weighted by Gasteiger charge is -2.22. The van der Waals surface area contributed by atoms with Crippen LogP contribution in [0.4, 0.5) is 5.82 Å². The van der Waals surface area contributed by atoms with Gasteiger partial charge in [0.15, 0.2) is 6.23 Å². The molecule has 1 aliphatic heterocycles. The molecule has 142 valence electrons. The molecule has 0 radical (unpaired) electrons. The van der Waals surface area contributed by atoms with Crippen LogP contribution in [0.5, 0.6) is 0 Å². The molecule has 3 rings (SSSR count). The number of benzene rings is 1. The highest BCUT2D eigenvalue weighted by Crippen LogP contribution is 2.32. The maximum Gasteiger partial charge on any atom is 0.351 e. The third-order valence-corrected chi connectivity index (χ3v) is 4.38. The SMILES string of the molecule is COC1C(CO)OC(n2cc(C#Cc3ccccc3)c(N)nc2=O)C1OC. The molecule has 2 aromatic rings. The molecule has 8 nitrogen and oxygen atoms in total. The van der Waals surface area contributed by atoms with E-state index in [9.17, 15) is 9.90 Å². The summed E-state index contributed by atoms with van der Waals surface area (Å²) in [4.78, 5) is 16.2. The summed E-state index contributed by atoms with van der Waals surface area (Å²) in [6.45, 7) is -0.271. The molecule has 1 aliphatic rings. The number of hydrogen-bond acceptors (Lipinski definition) is 7. The Hall–Kier alpha value is -2.70. The van der Waals surface area contributed by atoms with Crippen LogP contribution in [0.15, 0.2) is 41.3 Å². The lowest BCUT2D eigenvalue weighted by molar-refractivity contribution is -0.0624. The molecule has 1 saturated heterocycles. The molecule has 0 saturated carbocycles. The topological polar surface area (TPSA) is 109 Å². The summed E-state index contributed by atoms with van der Waals surface area (Å²) in [6, 6.07) is 9.38. The maximum absolute atomic E-state index is 12.4. The van der Waals surface area contributed by atoms with Crippen molar-refractivity contribution in [3.05, 3.63) is 58.1 Å². The zero-order valence-electron chi connectivity index (χ0n) is 15.0. The van der Waals surface area contributed by atoms with Crippen LogP contribution in [0, 0.1) is 11.8 Å². The van der Waals surface area contributed by atoms with Crippen molar-refractivity contribution in [3.63, 3.8) is 0 Å². The molecule has 0 amide bonds. The molecule has 2 heterocycles. The predicted octanol–water partition coefficient (Wildman–Crippen LogP) is 0.145. The van der Waals surface area contributed by atoms with Gasteiger partial charge in [-0.2, -0.15) is 4.98 Å². The van der Waals surface area contributed by atoms with Crippen LogP contribution >= 0.6 is 0 Å². The van der Waals surface area contributed by atoms with E-state index in [0.717, 1.165) is 5.56 Å². The number of rotatable bonds is 4. The summed E-state index contributed by atoms with van der Waals surface area (Å²) in [5, 5.41) is 9.52. The number of nitrogen functional groups attached to an aromatic ring is 1. The molecule has 4 atom stereocenters. The summed E-state index contributed by atoms with van der Waals surface area (Å²) < 4.78 is 17.9. The molecular formula is C19H21N3O5. The number of aliphatic hydroxyl groups is 1. The first-order valence-electron chi connectivity index (χ1n) is 8.36. The largest absolute Gasteiger partial charge is 0.394 e. The van der Waals surface area contributed by atoms with Gasteiger partial charge in [0, 0.05) is 26.0 Å². The minimum atomic E-state index is -0.824. The number of nitrogens with two attached hydrogens (primary N) is 1. The molecule has 8 heteroatoms. The van der Waals surface area contributed by atoms with Crippen molar-refractivity contribution in [2.75, 3.05) is 26.6 Å². The Bertz CT molecular complexity index is 903. The van der Waals surface area contributed by atoms with E-state index in [4.69, 9.17) is 19.9 Å². The fraction of sp³-hybridized carbons (Fsp3) is 0.368. The van der Waals surface area contributed by atoms with Crippen LogP contribution in [-0.2, 0) is 14.2 Å². The van der Waals surface area contributed by atoms with Crippen molar-refractivity contribution in [3.8, 4) is 11.8 Å². The fourth-order valence-electron chi connectivity index (χ4n) is 3.04. The Kier molecular flexibility index (Phi) is 5.88. The number of methoxy groups -OCH3 is 2. The normalized spacial score (nSPS) is 24.4. The van der Waals surface area contributed by atoms with Gasteiger partial charge >= 0.3 is 5.69 Å². The molecule has 3 N–H and O–H groups in total. The third kappa shape index (κ3) is 3.86. The van der Waals surface area contributed by atoms with Crippen LogP contribution in [0.25, 0.3) is 0 Å². The molecule has 0 spiro atoms. The second-order valence-corrected chi connectivity index (χ2v) is 5.99. The van der Waals surface area contributed by atoms with Crippen molar-refractivity contribution in [1.29, 1.82) is 0 Å². The van der Waals surface area contributed by atoms with Crippen LogP contribution in [0.3, 0.4) is 0 Å². The maximum atomic E-state index is 12.4. The number of aliphatic hydroxyl groups excluding tert-OH is 1. The first-order chi connectivity index (χ1) is 13.1. The Morgan fingerprint density at radius 1 is 1.22 bits per heavy atom. The molecule has 4 unspecified atom stereocenters. The zero-order valence-corrected chi connectivity index (χ0v) is 15.0. The first-order valence-corrected chi connectivity index (χ1v) is 8.36. The standard InChI is InChI=1S/C19H21N3O5/c1-25-15-14(11-23)27-18(16(15)26-2)22-10-13(17(20)21-19(22)24)9-8-12-6-4-3-5-7-12/h3-7,10,14-16,18,23H,11H2,1-2H3,(H2,20,21,24). The number of aromatic nitrogens is 2. The highest BCUT2D eigenvalue weighted by Gasteiger charge is 2.46. The van der Waals surface area contributed by atoms with Gasteiger partial charge in [-0.05, 0) is 12.1 Å². The van der Waals surface area contributed by atoms with Gasteiger partial charge in [-0.3, -0.25) is 4.57 Å². The Labute approximate surface area is 156 Å². The van der Waals surface area contributed by atoms with E-state index in [1.165, 1.54) is 25.0 Å². The number of nitrogens with zero attached hydrogens (tertiary/aromatic N) is 2. The van der Waals surface area contributed by atoms with Gasteiger partial charge in [0.25, 0.3) is 0 Å². The van der Waals surface area contributed by atoms with E-state index in [-0.39, 0.29) is 12.4 Å². The first kappa shape index (κ1) is 19.1. The summed E-state index contributed by atoms with van der Waals surface area (Å²) in [7, 11) is 2.98. The van der Waals surface area contributed by atoms with E-state index in [1.807, 2.05) is 30.3 Å². The smallest absolute Gasteiger partial charge is 0.351 e. The zero-order chi connectivity index (χ0) is 19.4. The minimum absolute atomic E-state index is 0.0358. The average Bonchev–Trinajstić information content (AvgIpc) is 3.05. The van der Waals surface area contributed by atoms with Crippen LogP contribution in [0.2, 0.25) is 0 Å². The van der Waals surface area contributed by atoms with E-state index < -0.39 is 30.2 Å². The highest BCUT2D eigenvalue weighted by molar-refractivity contribution is 5.52.